The summed E-state index contributed by atoms with van der Waals surface area (Å²) in [4.78, 5) is 13.5. The summed E-state index contributed by atoms with van der Waals surface area (Å²) in [5.74, 6) is -0.537. The summed E-state index contributed by atoms with van der Waals surface area (Å²) < 4.78 is 0. The van der Waals surface area contributed by atoms with Crippen LogP contribution in [0.4, 0.5) is 5.69 Å². The zero-order valence-electron chi connectivity index (χ0n) is 12.5. The van der Waals surface area contributed by atoms with E-state index in [1.165, 1.54) is 22.3 Å². The Balaban J connectivity index is 2.09. The molecule has 0 aromatic heterocycles. The van der Waals surface area contributed by atoms with E-state index in [0.717, 1.165) is 12.1 Å². The molecule has 2 aromatic rings. The number of fused-ring (bicyclic) bond motifs is 3. The minimum atomic E-state index is -0.829. The molecule has 1 aliphatic carbocycles. The second kappa shape index (κ2) is 6.05. The van der Waals surface area contributed by atoms with Crippen molar-refractivity contribution in [1.82, 2.24) is 0 Å². The van der Waals surface area contributed by atoms with Crippen LogP contribution in [0.3, 0.4) is 0 Å². The lowest BCUT2D eigenvalue weighted by Crippen LogP contribution is -2.43. The van der Waals surface area contributed by atoms with E-state index in [1.807, 2.05) is 30.0 Å². The van der Waals surface area contributed by atoms with Gasteiger partial charge in [0.05, 0.1) is 0 Å². The quantitative estimate of drug-likeness (QED) is 0.709. The van der Waals surface area contributed by atoms with E-state index in [-0.39, 0.29) is 0 Å². The molecule has 0 spiro atoms. The van der Waals surface area contributed by atoms with Crippen LogP contribution in [0.15, 0.2) is 42.5 Å². The summed E-state index contributed by atoms with van der Waals surface area (Å²) in [6, 6.07) is 13.9. The minimum Gasteiger partial charge on any atom is -0.480 e. The number of carboxylic acids is 1. The Bertz CT molecular complexity index is 714. The van der Waals surface area contributed by atoms with Crippen LogP contribution in [0.5, 0.6) is 0 Å². The highest BCUT2D eigenvalue weighted by molar-refractivity contribution is 7.80. The van der Waals surface area contributed by atoms with Crippen molar-refractivity contribution >= 4 is 24.3 Å². The zero-order valence-corrected chi connectivity index (χ0v) is 13.4. The number of benzene rings is 2. The van der Waals surface area contributed by atoms with Crippen LogP contribution in [0.25, 0.3) is 11.1 Å². The van der Waals surface area contributed by atoms with E-state index in [4.69, 9.17) is 0 Å². The first-order valence-electron chi connectivity index (χ1n) is 7.47. The van der Waals surface area contributed by atoms with Gasteiger partial charge < -0.3 is 10.0 Å². The molecule has 0 unspecified atom stereocenters. The number of carbonyl (C=O) groups is 1. The van der Waals surface area contributed by atoms with Crippen molar-refractivity contribution in [2.24, 2.45) is 0 Å². The van der Waals surface area contributed by atoms with Crippen LogP contribution in [0, 0.1) is 0 Å². The van der Waals surface area contributed by atoms with Crippen LogP contribution in [0.2, 0.25) is 0 Å². The molecule has 2 aromatic carbocycles. The third-order valence-electron chi connectivity index (χ3n) is 4.31. The lowest BCUT2D eigenvalue weighted by molar-refractivity contribution is -0.138. The Labute approximate surface area is 136 Å². The third kappa shape index (κ3) is 2.37. The molecule has 0 aliphatic heterocycles. The van der Waals surface area contributed by atoms with Crippen molar-refractivity contribution in [2.45, 2.75) is 19.4 Å². The second-order valence-corrected chi connectivity index (χ2v) is 5.82. The molecule has 22 heavy (non-hydrogen) atoms. The molecule has 3 rings (SSSR count). The molecule has 1 N–H and O–H groups in total. The lowest BCUT2D eigenvalue weighted by atomic mass is 10.0. The van der Waals surface area contributed by atoms with Crippen molar-refractivity contribution < 1.29 is 9.90 Å². The molecule has 114 valence electrons. The van der Waals surface area contributed by atoms with Gasteiger partial charge in [0, 0.05) is 24.4 Å². The zero-order chi connectivity index (χ0) is 15.7. The monoisotopic (exact) mass is 313 g/mol. The topological polar surface area (TPSA) is 40.5 Å². The van der Waals surface area contributed by atoms with Gasteiger partial charge in [-0.25, -0.2) is 4.79 Å². The largest absolute Gasteiger partial charge is 0.480 e. The smallest absolute Gasteiger partial charge is 0.327 e. The Morgan fingerprint density at radius 1 is 1.23 bits per heavy atom. The molecule has 0 amide bonds. The van der Waals surface area contributed by atoms with Crippen molar-refractivity contribution in [1.29, 1.82) is 0 Å². The van der Waals surface area contributed by atoms with E-state index in [0.29, 0.717) is 12.3 Å². The first-order valence-corrected chi connectivity index (χ1v) is 8.11. The Kier molecular flexibility index (Phi) is 4.12. The van der Waals surface area contributed by atoms with Gasteiger partial charge in [0.15, 0.2) is 0 Å². The Morgan fingerprint density at radius 3 is 2.64 bits per heavy atom. The number of anilines is 1. The van der Waals surface area contributed by atoms with Gasteiger partial charge in [-0.05, 0) is 35.2 Å². The highest BCUT2D eigenvalue weighted by Gasteiger charge is 2.28. The van der Waals surface area contributed by atoms with Gasteiger partial charge in [-0.1, -0.05) is 36.4 Å². The molecular formula is C18H19NO2S. The normalized spacial score (nSPS) is 13.4. The minimum absolute atomic E-state index is 0.291. The highest BCUT2D eigenvalue weighted by Crippen LogP contribution is 2.41. The first kappa shape index (κ1) is 15.0. The number of hydrogen-bond acceptors (Lipinski definition) is 3. The number of likely N-dealkylation sites (N-methyl/N-ethyl adjacent to an activating group) is 1. The maximum Gasteiger partial charge on any atom is 0.327 e. The number of nitrogens with zero attached hydrogens (tertiary/aromatic N) is 1. The van der Waals surface area contributed by atoms with Gasteiger partial charge in [-0.2, -0.15) is 12.6 Å². The van der Waals surface area contributed by atoms with Crippen LogP contribution in [-0.2, 0) is 11.2 Å². The van der Waals surface area contributed by atoms with E-state index < -0.39 is 12.0 Å². The third-order valence-corrected chi connectivity index (χ3v) is 4.66. The van der Waals surface area contributed by atoms with Crippen LogP contribution in [0.1, 0.15) is 18.1 Å². The molecule has 0 bridgehead atoms. The molecule has 1 atom stereocenters. The number of thiol groups is 1. The molecule has 0 heterocycles. The fourth-order valence-corrected chi connectivity index (χ4v) is 3.63. The molecule has 4 heteroatoms. The van der Waals surface area contributed by atoms with Crippen molar-refractivity contribution in [3.05, 3.63) is 53.6 Å². The summed E-state index contributed by atoms with van der Waals surface area (Å²) in [5, 5.41) is 9.47. The van der Waals surface area contributed by atoms with Crippen LogP contribution >= 0.6 is 12.6 Å². The molecule has 1 aliphatic rings. The van der Waals surface area contributed by atoms with Gasteiger partial charge in [-0.3, -0.25) is 0 Å². The summed E-state index contributed by atoms with van der Waals surface area (Å²) in [6.07, 6.45) is 0.858. The molecule has 3 nitrogen and oxygen atoms in total. The summed E-state index contributed by atoms with van der Waals surface area (Å²) in [5.41, 5.74) is 6.01. The van der Waals surface area contributed by atoms with E-state index in [9.17, 15) is 9.90 Å². The van der Waals surface area contributed by atoms with Gasteiger partial charge >= 0.3 is 5.97 Å². The van der Waals surface area contributed by atoms with Gasteiger partial charge in [0.1, 0.15) is 6.04 Å². The maximum absolute atomic E-state index is 11.5. The molecule has 0 fully saturated rings. The Hall–Kier alpha value is -1.94. The molecular weight excluding hydrogens is 294 g/mol. The average Bonchev–Trinajstić information content (AvgIpc) is 2.91. The second-order valence-electron chi connectivity index (χ2n) is 5.46. The fraction of sp³-hybridized carbons (Fsp3) is 0.278. The maximum atomic E-state index is 11.5. The van der Waals surface area contributed by atoms with Gasteiger partial charge in [-0.15, -0.1) is 0 Å². The SMILES string of the molecule is CCN(c1cccc2c1Cc1ccccc1-2)[C@H](CS)C(=O)O. The van der Waals surface area contributed by atoms with Gasteiger partial charge in [0.2, 0.25) is 0 Å². The van der Waals surface area contributed by atoms with Crippen LogP contribution < -0.4 is 4.90 Å². The highest BCUT2D eigenvalue weighted by atomic mass is 32.1. The van der Waals surface area contributed by atoms with Crippen molar-refractivity contribution in [3.8, 4) is 11.1 Å². The number of aliphatic carboxylic acids is 1. The first-order chi connectivity index (χ1) is 10.7. The van der Waals surface area contributed by atoms with Crippen molar-refractivity contribution in [2.75, 3.05) is 17.2 Å². The fourth-order valence-electron chi connectivity index (χ4n) is 3.28. The Morgan fingerprint density at radius 2 is 1.95 bits per heavy atom. The predicted molar refractivity (Wildman–Crippen MR) is 93.0 cm³/mol. The van der Waals surface area contributed by atoms with Crippen LogP contribution in [-0.4, -0.2) is 29.4 Å². The number of rotatable bonds is 5. The lowest BCUT2D eigenvalue weighted by Gasteiger charge is -2.30. The molecule has 0 saturated carbocycles. The van der Waals surface area contributed by atoms with E-state index in [1.54, 1.807) is 0 Å². The predicted octanol–water partition coefficient (Wildman–Crippen LogP) is 3.47. The molecule has 0 radical (unpaired) electrons. The average molecular weight is 313 g/mol. The summed E-state index contributed by atoms with van der Waals surface area (Å²) >= 11 is 4.23. The summed E-state index contributed by atoms with van der Waals surface area (Å²) in [6.45, 7) is 2.63. The number of hydrogen-bond donors (Lipinski definition) is 2. The van der Waals surface area contributed by atoms with Gasteiger partial charge in [0.25, 0.3) is 0 Å². The van der Waals surface area contributed by atoms with E-state index >= 15 is 0 Å². The number of carboxylic acid groups (broad SMARTS) is 1. The summed E-state index contributed by atoms with van der Waals surface area (Å²) in [7, 11) is 0. The van der Waals surface area contributed by atoms with E-state index in [2.05, 4.69) is 36.9 Å². The van der Waals surface area contributed by atoms with Crippen molar-refractivity contribution in [3.63, 3.8) is 0 Å². The standard InChI is InChI=1S/C18H19NO2S/c1-2-19(17(11-22)18(20)21)16-9-5-8-14-13-7-4-3-6-12(13)10-15(14)16/h3-9,17,22H,2,10-11H2,1H3,(H,20,21)/t17-/m1/s1. The molecule has 0 saturated heterocycles.